The first-order chi connectivity index (χ1) is 5.38. The molecule has 2 rings (SSSR count). The SMILES string of the molecule is CC.CN1C2CCC[C@H]1CC2. The molecule has 2 heterocycles. The molecule has 0 amide bonds. The van der Waals surface area contributed by atoms with Crippen LogP contribution in [0.1, 0.15) is 46.0 Å². The standard InChI is InChI=1S/C8H15N.C2H6/c1-9-7-3-2-4-8(9)6-5-7;1-2/h7-8H,2-6H2,1H3;1-2H3/t7-,8?;/m0./s1. The van der Waals surface area contributed by atoms with Gasteiger partial charge in [-0.25, -0.2) is 0 Å². The van der Waals surface area contributed by atoms with Gasteiger partial charge in [-0.3, -0.25) is 0 Å². The van der Waals surface area contributed by atoms with E-state index < -0.39 is 0 Å². The van der Waals surface area contributed by atoms with Crippen LogP contribution in [0.5, 0.6) is 0 Å². The Labute approximate surface area is 70.8 Å². The van der Waals surface area contributed by atoms with Gasteiger partial charge in [0.1, 0.15) is 0 Å². The van der Waals surface area contributed by atoms with Gasteiger partial charge >= 0.3 is 0 Å². The largest absolute Gasteiger partial charge is 0.300 e. The molecule has 2 saturated heterocycles. The minimum atomic E-state index is 0.962. The lowest BCUT2D eigenvalue weighted by Crippen LogP contribution is -2.35. The summed E-state index contributed by atoms with van der Waals surface area (Å²) in [4.78, 5) is 2.59. The number of fused-ring (bicyclic) bond motifs is 2. The van der Waals surface area contributed by atoms with E-state index in [0.717, 1.165) is 12.1 Å². The molecule has 1 unspecified atom stereocenters. The summed E-state index contributed by atoms with van der Waals surface area (Å²) in [7, 11) is 2.29. The van der Waals surface area contributed by atoms with Crippen molar-refractivity contribution >= 4 is 0 Å². The summed E-state index contributed by atoms with van der Waals surface area (Å²) < 4.78 is 0. The second-order valence-corrected chi connectivity index (χ2v) is 3.48. The molecule has 2 fully saturated rings. The first-order valence-electron chi connectivity index (χ1n) is 5.10. The Morgan fingerprint density at radius 1 is 0.909 bits per heavy atom. The van der Waals surface area contributed by atoms with Crippen molar-refractivity contribution in [2.75, 3.05) is 7.05 Å². The van der Waals surface area contributed by atoms with Crippen LogP contribution < -0.4 is 0 Å². The Hall–Kier alpha value is -0.0400. The minimum Gasteiger partial charge on any atom is -0.300 e. The van der Waals surface area contributed by atoms with E-state index in [1.165, 1.54) is 32.1 Å². The Balaban J connectivity index is 0.000000281. The number of hydrogen-bond donors (Lipinski definition) is 0. The highest BCUT2D eigenvalue weighted by molar-refractivity contribution is 4.89. The zero-order valence-corrected chi connectivity index (χ0v) is 8.14. The zero-order valence-electron chi connectivity index (χ0n) is 8.14. The van der Waals surface area contributed by atoms with E-state index in [9.17, 15) is 0 Å². The molecule has 0 aliphatic carbocycles. The van der Waals surface area contributed by atoms with Crippen LogP contribution in [0.3, 0.4) is 0 Å². The molecule has 0 aromatic heterocycles. The molecule has 0 radical (unpaired) electrons. The lowest BCUT2D eigenvalue weighted by atomic mass is 10.0. The topological polar surface area (TPSA) is 3.24 Å². The first-order valence-corrected chi connectivity index (χ1v) is 5.10. The lowest BCUT2D eigenvalue weighted by Gasteiger charge is -2.30. The van der Waals surface area contributed by atoms with E-state index in [-0.39, 0.29) is 0 Å². The third-order valence-electron chi connectivity index (χ3n) is 3.06. The Kier molecular flexibility index (Phi) is 3.38. The van der Waals surface area contributed by atoms with Gasteiger partial charge in [0.15, 0.2) is 0 Å². The molecule has 0 spiro atoms. The second-order valence-electron chi connectivity index (χ2n) is 3.48. The summed E-state index contributed by atoms with van der Waals surface area (Å²) in [5.41, 5.74) is 0. The Morgan fingerprint density at radius 2 is 1.36 bits per heavy atom. The van der Waals surface area contributed by atoms with Gasteiger partial charge < -0.3 is 4.90 Å². The van der Waals surface area contributed by atoms with Crippen molar-refractivity contribution in [1.82, 2.24) is 4.90 Å². The van der Waals surface area contributed by atoms with E-state index in [0.29, 0.717) is 0 Å². The van der Waals surface area contributed by atoms with Crippen LogP contribution in [-0.4, -0.2) is 24.0 Å². The Bertz CT molecular complexity index is 95.4. The van der Waals surface area contributed by atoms with Crippen LogP contribution in [0.2, 0.25) is 0 Å². The number of rotatable bonds is 0. The highest BCUT2D eigenvalue weighted by Gasteiger charge is 2.33. The van der Waals surface area contributed by atoms with Crippen LogP contribution in [0.15, 0.2) is 0 Å². The van der Waals surface area contributed by atoms with Crippen molar-refractivity contribution in [2.45, 2.75) is 58.0 Å². The first kappa shape index (κ1) is 9.05. The molecule has 2 bridgehead atoms. The van der Waals surface area contributed by atoms with Gasteiger partial charge in [-0.05, 0) is 32.7 Å². The average Bonchev–Trinajstić information content (AvgIpc) is 2.30. The zero-order chi connectivity index (χ0) is 8.27. The van der Waals surface area contributed by atoms with Crippen LogP contribution in [-0.2, 0) is 0 Å². The molecule has 2 aliphatic rings. The summed E-state index contributed by atoms with van der Waals surface area (Å²) in [6, 6.07) is 1.92. The summed E-state index contributed by atoms with van der Waals surface area (Å²) in [5, 5.41) is 0. The van der Waals surface area contributed by atoms with Crippen LogP contribution >= 0.6 is 0 Å². The summed E-state index contributed by atoms with van der Waals surface area (Å²) in [6.07, 6.45) is 7.36. The van der Waals surface area contributed by atoms with E-state index in [1.807, 2.05) is 13.8 Å². The number of piperidine rings is 1. The van der Waals surface area contributed by atoms with Crippen molar-refractivity contribution in [3.63, 3.8) is 0 Å². The maximum absolute atomic E-state index is 2.59. The van der Waals surface area contributed by atoms with Crippen LogP contribution in [0.4, 0.5) is 0 Å². The molecule has 0 saturated carbocycles. The number of hydrogen-bond acceptors (Lipinski definition) is 1. The van der Waals surface area contributed by atoms with Gasteiger partial charge in [0, 0.05) is 12.1 Å². The molecular weight excluding hydrogens is 134 g/mol. The van der Waals surface area contributed by atoms with Gasteiger partial charge in [-0.15, -0.1) is 0 Å². The van der Waals surface area contributed by atoms with E-state index in [4.69, 9.17) is 0 Å². The highest BCUT2D eigenvalue weighted by atomic mass is 15.2. The Morgan fingerprint density at radius 3 is 1.73 bits per heavy atom. The quantitative estimate of drug-likeness (QED) is 0.520. The van der Waals surface area contributed by atoms with Gasteiger partial charge in [-0.2, -0.15) is 0 Å². The van der Waals surface area contributed by atoms with Crippen molar-refractivity contribution < 1.29 is 0 Å². The molecule has 1 heteroatoms. The predicted octanol–water partition coefficient (Wildman–Crippen LogP) is 2.66. The van der Waals surface area contributed by atoms with Crippen molar-refractivity contribution in [3.05, 3.63) is 0 Å². The number of nitrogens with zero attached hydrogens (tertiary/aromatic N) is 1. The van der Waals surface area contributed by atoms with Gasteiger partial charge in [0.05, 0.1) is 0 Å². The molecule has 66 valence electrons. The van der Waals surface area contributed by atoms with Crippen molar-refractivity contribution in [2.24, 2.45) is 0 Å². The van der Waals surface area contributed by atoms with Crippen LogP contribution in [0, 0.1) is 0 Å². The van der Waals surface area contributed by atoms with E-state index >= 15 is 0 Å². The molecule has 0 aromatic rings. The molecule has 0 aromatic carbocycles. The minimum absolute atomic E-state index is 0.962. The molecule has 11 heavy (non-hydrogen) atoms. The van der Waals surface area contributed by atoms with Gasteiger partial charge in [0.2, 0.25) is 0 Å². The van der Waals surface area contributed by atoms with Crippen LogP contribution in [0.25, 0.3) is 0 Å². The normalized spacial score (nSPS) is 36.3. The maximum Gasteiger partial charge on any atom is 0.00957 e. The third-order valence-corrected chi connectivity index (χ3v) is 3.06. The predicted molar refractivity (Wildman–Crippen MR) is 49.8 cm³/mol. The van der Waals surface area contributed by atoms with Crippen molar-refractivity contribution in [1.29, 1.82) is 0 Å². The van der Waals surface area contributed by atoms with E-state index in [1.54, 1.807) is 0 Å². The molecule has 2 aliphatic heterocycles. The molecule has 0 N–H and O–H groups in total. The summed E-state index contributed by atoms with van der Waals surface area (Å²) in [6.45, 7) is 4.00. The summed E-state index contributed by atoms with van der Waals surface area (Å²) >= 11 is 0. The molecule has 1 nitrogen and oxygen atoms in total. The van der Waals surface area contributed by atoms with Crippen molar-refractivity contribution in [3.8, 4) is 0 Å². The lowest BCUT2D eigenvalue weighted by molar-refractivity contribution is 0.179. The maximum atomic E-state index is 2.59. The fraction of sp³-hybridized carbons (Fsp3) is 1.00. The second kappa shape index (κ2) is 4.10. The molecular formula is C10H21N. The molecule has 2 atom stereocenters. The monoisotopic (exact) mass is 155 g/mol. The highest BCUT2D eigenvalue weighted by Crippen LogP contribution is 2.33. The van der Waals surface area contributed by atoms with Gasteiger partial charge in [0.25, 0.3) is 0 Å². The smallest absolute Gasteiger partial charge is 0.00957 e. The summed E-state index contributed by atoms with van der Waals surface area (Å²) in [5.74, 6) is 0. The third kappa shape index (κ3) is 1.76. The average molecular weight is 155 g/mol. The van der Waals surface area contributed by atoms with Gasteiger partial charge in [-0.1, -0.05) is 20.3 Å². The fourth-order valence-electron chi connectivity index (χ4n) is 2.38. The van der Waals surface area contributed by atoms with E-state index in [2.05, 4.69) is 11.9 Å². The fourth-order valence-corrected chi connectivity index (χ4v) is 2.38.